The van der Waals surface area contributed by atoms with Crippen LogP contribution in [0.3, 0.4) is 0 Å². The summed E-state index contributed by atoms with van der Waals surface area (Å²) in [6.45, 7) is 0. The molecule has 0 rings (SSSR count). The molecule has 0 aliphatic heterocycles. The van der Waals surface area contributed by atoms with Gasteiger partial charge in [-0.05, 0) is 0 Å². The van der Waals surface area contributed by atoms with Crippen LogP contribution in [0.5, 0.6) is 0 Å². The Balaban J connectivity index is -0.00000000533. The maximum absolute atomic E-state index is 5.02. The molecule has 0 aromatic rings. The third-order valence-corrected chi connectivity index (χ3v) is 0. The molecule has 12 N–H and O–H groups in total. The van der Waals surface area contributed by atoms with Gasteiger partial charge in [0.25, 0.3) is 0 Å². The van der Waals surface area contributed by atoms with Gasteiger partial charge < -0.3 is 32.9 Å². The molecule has 0 aromatic carbocycles. The second-order valence-electron chi connectivity index (χ2n) is 0.350. The van der Waals surface area contributed by atoms with Crippen LogP contribution in [0.2, 0.25) is 0 Å². The van der Waals surface area contributed by atoms with Crippen LogP contribution in [0.15, 0.2) is 0 Å². The van der Waals surface area contributed by atoms with Crippen molar-refractivity contribution in [1.82, 2.24) is 0 Å². The van der Waals surface area contributed by atoms with Crippen LogP contribution in [-0.4, -0.2) is 32.9 Å². The minimum atomic E-state index is -3.13. The fourth-order valence-corrected chi connectivity index (χ4v) is 0. The van der Waals surface area contributed by atoms with Gasteiger partial charge in [0.05, 0.1) is 0 Å². The van der Waals surface area contributed by atoms with E-state index in [9.17, 15) is 0 Å². The molecule has 0 aliphatic carbocycles. The van der Waals surface area contributed by atoms with Crippen molar-refractivity contribution in [3.63, 3.8) is 0 Å². The van der Waals surface area contributed by atoms with Crippen LogP contribution < -0.4 is 0 Å². The van der Waals surface area contributed by atoms with Crippen molar-refractivity contribution in [1.29, 1.82) is 0 Å². The van der Waals surface area contributed by atoms with Gasteiger partial charge in [-0.25, -0.2) is 0 Å². The second-order valence-corrected chi connectivity index (χ2v) is 18.6. The molecule has 0 atom stereocenters. The monoisotopic (exact) mass is 346 g/mol. The first-order chi connectivity index (χ1) is 2.00. The summed E-state index contributed by atoms with van der Waals surface area (Å²) in [4.78, 5) is 0. The van der Waals surface area contributed by atoms with Gasteiger partial charge in [0.1, 0.15) is 0 Å². The predicted molar refractivity (Wildman–Crippen MR) is 45.1 cm³/mol. The molecule has 11 heteroatoms. The van der Waals surface area contributed by atoms with E-state index in [1.165, 1.54) is 0 Å². The first-order valence-corrected chi connectivity index (χ1v) is 11.0. The van der Waals surface area contributed by atoms with Crippen LogP contribution >= 0.6 is 37.7 Å². The summed E-state index contributed by atoms with van der Waals surface area (Å²) >= 11 is -3.13. The number of hydrogen-bond donors (Lipinski definition) is 0. The first kappa shape index (κ1) is 54.0. The van der Waals surface area contributed by atoms with Crippen molar-refractivity contribution in [2.75, 3.05) is 0 Å². The van der Waals surface area contributed by atoms with E-state index in [0.29, 0.717) is 0 Å². The number of hydrogen-bond acceptors (Lipinski definition) is 0. The Labute approximate surface area is 82.1 Å². The van der Waals surface area contributed by atoms with Crippen LogP contribution in [0.1, 0.15) is 0 Å². The Kier molecular flexibility index (Phi) is 111. The van der Waals surface area contributed by atoms with Gasteiger partial charge in [-0.15, -0.1) is 0 Å². The van der Waals surface area contributed by atoms with E-state index in [0.717, 1.165) is 0 Å². The zero-order valence-corrected chi connectivity index (χ0v) is 9.95. The Morgan fingerprint density at radius 2 is 0.455 bits per heavy atom. The van der Waals surface area contributed by atoms with Crippen LogP contribution in [0, 0.1) is 0 Å². The Morgan fingerprint density at radius 1 is 0.455 bits per heavy atom. The molecule has 11 heavy (non-hydrogen) atoms. The summed E-state index contributed by atoms with van der Waals surface area (Å²) in [6, 6.07) is 0. The van der Waals surface area contributed by atoms with Crippen LogP contribution in [0.25, 0.3) is 0 Å². The first-order valence-electron chi connectivity index (χ1n) is 0.617. The molecular weight excluding hydrogens is 334 g/mol. The van der Waals surface area contributed by atoms with Gasteiger partial charge >= 0.3 is 49.6 Å². The average Bonchev–Trinajstić information content (AvgIpc) is 0.722. The van der Waals surface area contributed by atoms with Gasteiger partial charge in [0.15, 0.2) is 0 Å². The van der Waals surface area contributed by atoms with Gasteiger partial charge in [-0.3, -0.25) is 0 Å². The molecule has 82 valence electrons. The van der Waals surface area contributed by atoms with Crippen molar-refractivity contribution in [3.8, 4) is 0 Å². The topological polar surface area (TPSA) is 189 Å². The summed E-state index contributed by atoms with van der Waals surface area (Å²) < 4.78 is 0. The normalized spacial score (nSPS) is 6.91. The average molecular weight is 346 g/mol. The Hall–Kier alpha value is 1.61. The van der Waals surface area contributed by atoms with Crippen molar-refractivity contribution < 1.29 is 44.8 Å². The van der Waals surface area contributed by atoms with Gasteiger partial charge in [0, 0.05) is 0 Å². The summed E-state index contributed by atoms with van der Waals surface area (Å²) in [5, 5.41) is 0. The number of halogens is 4. The molecule has 0 fully saturated rings. The molecule has 0 heterocycles. The molecule has 0 aliphatic rings. The standard InChI is InChI=1S/4ClH.Mo.6H2O/h4*1H;;6*1H2/q;;;;+4;;;;;;/p-4. The van der Waals surface area contributed by atoms with E-state index >= 15 is 0 Å². The van der Waals surface area contributed by atoms with Crippen molar-refractivity contribution in [2.45, 2.75) is 0 Å². The van der Waals surface area contributed by atoms with Crippen LogP contribution in [-0.2, 0) is 11.9 Å². The third-order valence-electron chi connectivity index (χ3n) is 0. The molecule has 0 radical (unpaired) electrons. The molecule has 0 bridgehead atoms. The molecule has 0 unspecified atom stereocenters. The quantitative estimate of drug-likeness (QED) is 0.431. The Bertz CT molecular complexity index is 30.1. The van der Waals surface area contributed by atoms with Crippen molar-refractivity contribution >= 4 is 37.7 Å². The SMILES string of the molecule is O.O.O.O.O.O.[Cl][Mo]([Cl])([Cl])[Cl]. The Morgan fingerprint density at radius 3 is 0.455 bits per heavy atom. The van der Waals surface area contributed by atoms with E-state index in [4.69, 9.17) is 37.7 Å². The van der Waals surface area contributed by atoms with Crippen LogP contribution in [0.4, 0.5) is 0 Å². The van der Waals surface area contributed by atoms with Gasteiger partial charge in [0.2, 0.25) is 0 Å². The minimum absolute atomic E-state index is 0. The van der Waals surface area contributed by atoms with E-state index in [1.54, 1.807) is 0 Å². The molecule has 0 aromatic heterocycles. The third kappa shape index (κ3) is 414. The molecule has 0 saturated carbocycles. The fourth-order valence-electron chi connectivity index (χ4n) is 0. The van der Waals surface area contributed by atoms with E-state index in [-0.39, 0.29) is 32.9 Å². The van der Waals surface area contributed by atoms with E-state index in [2.05, 4.69) is 0 Å². The fraction of sp³-hybridized carbons (Fsp3) is 0. The molecule has 6 nitrogen and oxygen atoms in total. The molecule has 0 amide bonds. The molecule has 0 saturated heterocycles. The molecular formula is H12Cl4MoO6. The number of rotatable bonds is 0. The zero-order chi connectivity index (χ0) is 4.50. The van der Waals surface area contributed by atoms with Gasteiger partial charge in [-0.2, -0.15) is 0 Å². The zero-order valence-electron chi connectivity index (χ0n) is 4.92. The summed E-state index contributed by atoms with van der Waals surface area (Å²) in [7, 11) is 20.1. The predicted octanol–water partition coefficient (Wildman–Crippen LogP) is -2.19. The molecule has 0 spiro atoms. The van der Waals surface area contributed by atoms with E-state index in [1.807, 2.05) is 0 Å². The maximum atomic E-state index is 5.02. The van der Waals surface area contributed by atoms with Crippen molar-refractivity contribution in [3.05, 3.63) is 0 Å². The second kappa shape index (κ2) is 22.6. The summed E-state index contributed by atoms with van der Waals surface area (Å²) in [6.07, 6.45) is 0. The summed E-state index contributed by atoms with van der Waals surface area (Å²) in [5.74, 6) is 0. The van der Waals surface area contributed by atoms with Crippen molar-refractivity contribution in [2.24, 2.45) is 0 Å². The van der Waals surface area contributed by atoms with Gasteiger partial charge in [-0.1, -0.05) is 0 Å². The summed E-state index contributed by atoms with van der Waals surface area (Å²) in [5.41, 5.74) is 0. The van der Waals surface area contributed by atoms with E-state index < -0.39 is 11.9 Å².